The largest absolute Gasteiger partial charge is 0.376 e. The van der Waals surface area contributed by atoms with Gasteiger partial charge in [-0.1, -0.05) is 24.3 Å². The molecule has 0 radical (unpaired) electrons. The van der Waals surface area contributed by atoms with Crippen molar-refractivity contribution >= 4 is 34.8 Å². The average molecular weight is 471 g/mol. The van der Waals surface area contributed by atoms with Crippen molar-refractivity contribution < 1.29 is 14.4 Å². The van der Waals surface area contributed by atoms with E-state index >= 15 is 0 Å². The Morgan fingerprint density at radius 2 is 1.51 bits per heavy atom. The maximum atomic E-state index is 12.7. The van der Waals surface area contributed by atoms with E-state index in [0.29, 0.717) is 16.8 Å². The van der Waals surface area contributed by atoms with Crippen molar-refractivity contribution in [2.45, 2.75) is 19.3 Å². The number of para-hydroxylation sites is 1. The molecule has 1 saturated heterocycles. The minimum absolute atomic E-state index is 0.00599. The summed E-state index contributed by atoms with van der Waals surface area (Å²) in [6.45, 7) is 1.63. The van der Waals surface area contributed by atoms with Crippen molar-refractivity contribution in [1.29, 1.82) is 0 Å². The molecule has 35 heavy (non-hydrogen) atoms. The Hall–Kier alpha value is -4.13. The van der Waals surface area contributed by atoms with Gasteiger partial charge in [-0.05, 0) is 73.9 Å². The smallest absolute Gasteiger partial charge is 0.258 e. The van der Waals surface area contributed by atoms with Crippen LogP contribution in [0.5, 0.6) is 0 Å². The second-order valence-electron chi connectivity index (χ2n) is 8.61. The molecule has 180 valence electrons. The lowest BCUT2D eigenvalue weighted by Crippen LogP contribution is -2.35. The summed E-state index contributed by atoms with van der Waals surface area (Å²) in [7, 11) is 1.74. The molecule has 7 nitrogen and oxygen atoms in total. The highest BCUT2D eigenvalue weighted by molar-refractivity contribution is 6.06. The molecule has 0 aromatic heterocycles. The number of anilines is 3. The van der Waals surface area contributed by atoms with Gasteiger partial charge in [0.25, 0.3) is 11.8 Å². The van der Waals surface area contributed by atoms with Crippen molar-refractivity contribution in [2.75, 3.05) is 42.2 Å². The minimum atomic E-state index is -0.225. The molecule has 0 saturated carbocycles. The summed E-state index contributed by atoms with van der Waals surface area (Å²) >= 11 is 0. The summed E-state index contributed by atoms with van der Waals surface area (Å²) in [6.07, 6.45) is 3.23. The molecule has 2 N–H and O–H groups in total. The molecule has 0 aliphatic carbocycles. The highest BCUT2D eigenvalue weighted by Crippen LogP contribution is 2.18. The third-order valence-electron chi connectivity index (χ3n) is 6.07. The number of benzene rings is 3. The summed E-state index contributed by atoms with van der Waals surface area (Å²) in [5, 5.41) is 5.91. The molecular weight excluding hydrogens is 440 g/mol. The van der Waals surface area contributed by atoms with Crippen LogP contribution >= 0.6 is 0 Å². The maximum Gasteiger partial charge on any atom is 0.258 e. The fourth-order valence-electron chi connectivity index (χ4n) is 4.09. The molecule has 0 unspecified atom stereocenters. The number of rotatable bonds is 7. The SMILES string of the molecule is CN(C(=O)c1ccc(NCC(=O)Nc2cccc(C(=O)N3CCCCC3)c2)cc1)c1ccccc1. The first-order chi connectivity index (χ1) is 17.0. The van der Waals surface area contributed by atoms with E-state index in [9.17, 15) is 14.4 Å². The number of carbonyl (C=O) groups excluding carboxylic acids is 3. The first kappa shape index (κ1) is 24.0. The highest BCUT2D eigenvalue weighted by Gasteiger charge is 2.18. The zero-order valence-corrected chi connectivity index (χ0v) is 19.9. The number of likely N-dealkylation sites (tertiary alicyclic amines) is 1. The van der Waals surface area contributed by atoms with Crippen molar-refractivity contribution in [3.63, 3.8) is 0 Å². The quantitative estimate of drug-likeness (QED) is 0.527. The van der Waals surface area contributed by atoms with Crippen LogP contribution in [0.3, 0.4) is 0 Å². The lowest BCUT2D eigenvalue weighted by Gasteiger charge is -2.26. The van der Waals surface area contributed by atoms with Crippen molar-refractivity contribution in [3.8, 4) is 0 Å². The fourth-order valence-corrected chi connectivity index (χ4v) is 4.09. The summed E-state index contributed by atoms with van der Waals surface area (Å²) < 4.78 is 0. The van der Waals surface area contributed by atoms with Gasteiger partial charge in [-0.2, -0.15) is 0 Å². The summed E-state index contributed by atoms with van der Waals surface area (Å²) in [6, 6.07) is 23.5. The van der Waals surface area contributed by atoms with Gasteiger partial charge in [0, 0.05) is 48.3 Å². The topological polar surface area (TPSA) is 81.8 Å². The third-order valence-corrected chi connectivity index (χ3v) is 6.07. The number of hydrogen-bond acceptors (Lipinski definition) is 4. The number of carbonyl (C=O) groups is 3. The van der Waals surface area contributed by atoms with Gasteiger partial charge in [0.05, 0.1) is 6.54 Å². The van der Waals surface area contributed by atoms with Gasteiger partial charge in [0.1, 0.15) is 0 Å². The van der Waals surface area contributed by atoms with Crippen LogP contribution in [-0.4, -0.2) is 49.3 Å². The first-order valence-electron chi connectivity index (χ1n) is 11.9. The van der Waals surface area contributed by atoms with Crippen LogP contribution in [0.4, 0.5) is 17.1 Å². The predicted octanol–water partition coefficient (Wildman–Crippen LogP) is 4.64. The van der Waals surface area contributed by atoms with Crippen LogP contribution in [0, 0.1) is 0 Å². The lowest BCUT2D eigenvalue weighted by atomic mass is 10.1. The van der Waals surface area contributed by atoms with Crippen molar-refractivity contribution in [2.24, 2.45) is 0 Å². The molecule has 1 heterocycles. The highest BCUT2D eigenvalue weighted by atomic mass is 16.2. The van der Waals surface area contributed by atoms with E-state index in [1.165, 1.54) is 0 Å². The standard InChI is InChI=1S/C28H30N4O3/c1-31(25-11-4-2-5-12-25)27(34)21-13-15-23(16-14-21)29-20-26(33)30-24-10-8-9-22(19-24)28(35)32-17-6-3-7-18-32/h2,4-5,8-16,19,29H,3,6-7,17-18,20H2,1H3,(H,30,33). The van der Waals surface area contributed by atoms with E-state index in [-0.39, 0.29) is 24.3 Å². The first-order valence-corrected chi connectivity index (χ1v) is 11.9. The molecule has 1 aliphatic heterocycles. The van der Waals surface area contributed by atoms with Crippen LogP contribution in [0.1, 0.15) is 40.0 Å². The number of nitrogens with one attached hydrogen (secondary N) is 2. The Labute approximate surface area is 205 Å². The molecule has 7 heteroatoms. The van der Waals surface area contributed by atoms with Gasteiger partial charge >= 0.3 is 0 Å². The summed E-state index contributed by atoms with van der Waals surface area (Å²) in [4.78, 5) is 41.4. The molecule has 3 aromatic rings. The number of hydrogen-bond donors (Lipinski definition) is 2. The molecule has 0 spiro atoms. The zero-order chi connectivity index (χ0) is 24.6. The van der Waals surface area contributed by atoms with Crippen molar-refractivity contribution in [1.82, 2.24) is 4.90 Å². The van der Waals surface area contributed by atoms with Gasteiger partial charge in [-0.3, -0.25) is 14.4 Å². The van der Waals surface area contributed by atoms with E-state index in [1.807, 2.05) is 35.2 Å². The van der Waals surface area contributed by atoms with Crippen LogP contribution in [0.2, 0.25) is 0 Å². The second kappa shape index (κ2) is 11.3. The van der Waals surface area contributed by atoms with Crippen LogP contribution in [0.25, 0.3) is 0 Å². The molecule has 4 rings (SSSR count). The molecular formula is C28H30N4O3. The van der Waals surface area contributed by atoms with Gasteiger partial charge in [-0.25, -0.2) is 0 Å². The van der Waals surface area contributed by atoms with Crippen LogP contribution in [0.15, 0.2) is 78.9 Å². The third kappa shape index (κ3) is 6.26. The molecule has 3 amide bonds. The molecule has 1 aliphatic rings. The Balaban J connectivity index is 1.29. The maximum absolute atomic E-state index is 12.7. The Morgan fingerprint density at radius 3 is 2.23 bits per heavy atom. The number of nitrogens with zero attached hydrogens (tertiary/aromatic N) is 2. The van der Waals surface area contributed by atoms with Gasteiger partial charge in [0.15, 0.2) is 0 Å². The summed E-state index contributed by atoms with van der Waals surface area (Å²) in [5.41, 5.74) is 3.27. The molecule has 0 atom stereocenters. The molecule has 0 bridgehead atoms. The van der Waals surface area contributed by atoms with E-state index in [4.69, 9.17) is 0 Å². The average Bonchev–Trinajstić information content (AvgIpc) is 2.92. The predicted molar refractivity (Wildman–Crippen MR) is 139 cm³/mol. The monoisotopic (exact) mass is 470 g/mol. The van der Waals surface area contributed by atoms with Crippen molar-refractivity contribution in [3.05, 3.63) is 90.0 Å². The van der Waals surface area contributed by atoms with E-state index in [2.05, 4.69) is 10.6 Å². The van der Waals surface area contributed by atoms with Crippen LogP contribution in [-0.2, 0) is 4.79 Å². The van der Waals surface area contributed by atoms with Gasteiger partial charge < -0.3 is 20.4 Å². The normalized spacial score (nSPS) is 13.1. The molecule has 3 aromatic carbocycles. The lowest BCUT2D eigenvalue weighted by molar-refractivity contribution is -0.114. The Morgan fingerprint density at radius 1 is 0.800 bits per heavy atom. The number of piperidine rings is 1. The Kier molecular flexibility index (Phi) is 7.77. The van der Waals surface area contributed by atoms with E-state index in [0.717, 1.165) is 43.7 Å². The van der Waals surface area contributed by atoms with E-state index < -0.39 is 0 Å². The molecule has 1 fully saturated rings. The Bertz CT molecular complexity index is 1170. The van der Waals surface area contributed by atoms with Gasteiger partial charge in [-0.15, -0.1) is 0 Å². The van der Waals surface area contributed by atoms with Gasteiger partial charge in [0.2, 0.25) is 5.91 Å². The van der Waals surface area contributed by atoms with Crippen LogP contribution < -0.4 is 15.5 Å². The zero-order valence-electron chi connectivity index (χ0n) is 19.9. The number of amides is 3. The minimum Gasteiger partial charge on any atom is -0.376 e. The second-order valence-corrected chi connectivity index (χ2v) is 8.61. The van der Waals surface area contributed by atoms with E-state index in [1.54, 1.807) is 60.5 Å². The fraction of sp³-hybridized carbons (Fsp3) is 0.250. The summed E-state index contributed by atoms with van der Waals surface area (Å²) in [5.74, 6) is -0.331.